The lowest BCUT2D eigenvalue weighted by Crippen LogP contribution is -2.43. The van der Waals surface area contributed by atoms with E-state index in [1.165, 1.54) is 0 Å². The maximum absolute atomic E-state index is 12.7. The number of alkyl halides is 3. The van der Waals surface area contributed by atoms with Crippen LogP contribution in [0.15, 0.2) is 29.4 Å². The number of nitrogens with one attached hydrogen (secondary N) is 2. The molecule has 1 atom stereocenters. The summed E-state index contributed by atoms with van der Waals surface area (Å²) in [6.07, 6.45) is 2.12. The van der Waals surface area contributed by atoms with Crippen molar-refractivity contribution in [3.63, 3.8) is 0 Å². The fourth-order valence-corrected chi connectivity index (χ4v) is 3.38. The molecule has 2 N–H and O–H groups in total. The molecule has 7 nitrogen and oxygen atoms in total. The molecule has 0 saturated carbocycles. The molecule has 28 heavy (non-hydrogen) atoms. The van der Waals surface area contributed by atoms with Gasteiger partial charge in [0.25, 0.3) is 0 Å². The van der Waals surface area contributed by atoms with E-state index in [9.17, 15) is 13.2 Å². The van der Waals surface area contributed by atoms with E-state index in [4.69, 9.17) is 0 Å². The molecule has 0 spiro atoms. The van der Waals surface area contributed by atoms with E-state index in [0.29, 0.717) is 19.1 Å². The zero-order valence-electron chi connectivity index (χ0n) is 15.9. The van der Waals surface area contributed by atoms with Crippen molar-refractivity contribution in [1.29, 1.82) is 0 Å². The van der Waals surface area contributed by atoms with Crippen LogP contribution in [-0.4, -0.2) is 77.6 Å². The molecule has 0 amide bonds. The molecule has 154 valence electrons. The molecule has 10 heteroatoms. The number of anilines is 1. The quantitative estimate of drug-likeness (QED) is 0.330. The molecule has 1 aromatic rings. The first-order chi connectivity index (χ1) is 13.5. The van der Waals surface area contributed by atoms with Gasteiger partial charge in [0.2, 0.25) is 5.95 Å². The summed E-state index contributed by atoms with van der Waals surface area (Å²) in [5.74, 6) is 0.793. The van der Waals surface area contributed by atoms with Crippen molar-refractivity contribution < 1.29 is 13.2 Å². The van der Waals surface area contributed by atoms with Gasteiger partial charge < -0.3 is 15.5 Å². The van der Waals surface area contributed by atoms with E-state index >= 15 is 0 Å². The van der Waals surface area contributed by atoms with Gasteiger partial charge in [-0.15, -0.1) is 0 Å². The van der Waals surface area contributed by atoms with Gasteiger partial charge in [-0.25, -0.2) is 9.97 Å². The van der Waals surface area contributed by atoms with Crippen LogP contribution in [0.2, 0.25) is 0 Å². The Morgan fingerprint density at radius 1 is 1.32 bits per heavy atom. The van der Waals surface area contributed by atoms with Gasteiger partial charge in [0.1, 0.15) is 5.69 Å². The highest BCUT2D eigenvalue weighted by atomic mass is 19.4. The molecule has 1 saturated heterocycles. The van der Waals surface area contributed by atoms with Gasteiger partial charge in [-0.2, -0.15) is 13.2 Å². The van der Waals surface area contributed by atoms with Crippen molar-refractivity contribution in [2.45, 2.75) is 25.6 Å². The lowest BCUT2D eigenvalue weighted by molar-refractivity contribution is -0.141. The third kappa shape index (κ3) is 5.34. The van der Waals surface area contributed by atoms with E-state index in [1.54, 1.807) is 0 Å². The first kappa shape index (κ1) is 20.4. The SMILES string of the molecule is CCNC(=NCCNc1nccc(C(F)(F)F)n1)N1CCC(N2CC=CC2)C1. The Bertz CT molecular complexity index is 697. The monoisotopic (exact) mass is 397 g/mol. The fourth-order valence-electron chi connectivity index (χ4n) is 3.38. The number of aromatic nitrogens is 2. The number of rotatable bonds is 6. The van der Waals surface area contributed by atoms with Crippen LogP contribution in [0, 0.1) is 0 Å². The van der Waals surface area contributed by atoms with Crippen LogP contribution in [0.25, 0.3) is 0 Å². The van der Waals surface area contributed by atoms with E-state index < -0.39 is 11.9 Å². The minimum atomic E-state index is -4.48. The maximum Gasteiger partial charge on any atom is 0.433 e. The van der Waals surface area contributed by atoms with Crippen molar-refractivity contribution >= 4 is 11.9 Å². The van der Waals surface area contributed by atoms with Gasteiger partial charge in [0, 0.05) is 51.5 Å². The third-order valence-electron chi connectivity index (χ3n) is 4.76. The summed E-state index contributed by atoms with van der Waals surface area (Å²) in [5, 5.41) is 6.10. The topological polar surface area (TPSA) is 68.7 Å². The average molecular weight is 397 g/mol. The predicted molar refractivity (Wildman–Crippen MR) is 102 cm³/mol. The maximum atomic E-state index is 12.7. The van der Waals surface area contributed by atoms with Crippen molar-refractivity contribution in [3.05, 3.63) is 30.1 Å². The van der Waals surface area contributed by atoms with Crippen molar-refractivity contribution in [1.82, 2.24) is 25.1 Å². The molecule has 0 aliphatic carbocycles. The van der Waals surface area contributed by atoms with Crippen LogP contribution in [0.5, 0.6) is 0 Å². The Kier molecular flexibility index (Phi) is 6.71. The highest BCUT2D eigenvalue weighted by Gasteiger charge is 2.33. The average Bonchev–Trinajstić information content (AvgIpc) is 3.35. The van der Waals surface area contributed by atoms with Gasteiger partial charge >= 0.3 is 6.18 Å². The second-order valence-electron chi connectivity index (χ2n) is 6.74. The van der Waals surface area contributed by atoms with Gasteiger partial charge in [-0.05, 0) is 19.4 Å². The molecule has 1 unspecified atom stereocenters. The van der Waals surface area contributed by atoms with Crippen LogP contribution >= 0.6 is 0 Å². The van der Waals surface area contributed by atoms with Crippen molar-refractivity contribution in [2.24, 2.45) is 4.99 Å². The number of halogens is 3. The summed E-state index contributed by atoms with van der Waals surface area (Å²) in [6.45, 7) is 7.42. The number of aliphatic imine (C=N–C) groups is 1. The smallest absolute Gasteiger partial charge is 0.357 e. The highest BCUT2D eigenvalue weighted by molar-refractivity contribution is 5.80. The molecule has 2 aliphatic heterocycles. The number of guanidine groups is 1. The van der Waals surface area contributed by atoms with Crippen LogP contribution in [0.4, 0.5) is 19.1 Å². The van der Waals surface area contributed by atoms with Gasteiger partial charge in [-0.1, -0.05) is 12.2 Å². The summed E-state index contributed by atoms with van der Waals surface area (Å²) in [4.78, 5) is 16.6. The minimum absolute atomic E-state index is 0.0437. The number of nitrogens with zero attached hydrogens (tertiary/aromatic N) is 5. The molecule has 2 aliphatic rings. The van der Waals surface area contributed by atoms with Crippen LogP contribution in [0.1, 0.15) is 19.0 Å². The summed E-state index contributed by atoms with van der Waals surface area (Å²) >= 11 is 0. The first-order valence-corrected chi connectivity index (χ1v) is 9.54. The van der Waals surface area contributed by atoms with Crippen molar-refractivity contribution in [3.8, 4) is 0 Å². The lowest BCUT2D eigenvalue weighted by Gasteiger charge is -2.25. The minimum Gasteiger partial charge on any atom is -0.357 e. The Labute approximate surface area is 162 Å². The van der Waals surface area contributed by atoms with Crippen LogP contribution in [-0.2, 0) is 6.18 Å². The van der Waals surface area contributed by atoms with Gasteiger partial charge in [0.05, 0.1) is 6.54 Å². The van der Waals surface area contributed by atoms with Crippen molar-refractivity contribution in [2.75, 3.05) is 51.1 Å². The van der Waals surface area contributed by atoms with Crippen LogP contribution in [0.3, 0.4) is 0 Å². The number of hydrogen-bond donors (Lipinski definition) is 2. The molecular formula is C18H26F3N7. The zero-order chi connectivity index (χ0) is 20.0. The normalized spacial score (nSPS) is 20.8. The Morgan fingerprint density at radius 2 is 2.11 bits per heavy atom. The standard InChI is InChI=1S/C18H26F3N7/c1-2-22-17(28-12-6-14(13-28)27-10-3-4-11-27)25-9-8-24-16-23-7-5-15(26-16)18(19,20)21/h3-5,7,14H,2,6,8-13H2,1H3,(H,22,25)(H,23,24,26). The zero-order valence-corrected chi connectivity index (χ0v) is 15.9. The van der Waals surface area contributed by atoms with Gasteiger partial charge in [0.15, 0.2) is 5.96 Å². The highest BCUT2D eigenvalue weighted by Crippen LogP contribution is 2.27. The largest absolute Gasteiger partial charge is 0.433 e. The van der Waals surface area contributed by atoms with E-state index in [-0.39, 0.29) is 5.95 Å². The van der Waals surface area contributed by atoms with E-state index in [1.807, 2.05) is 6.92 Å². The second kappa shape index (κ2) is 9.22. The van der Waals surface area contributed by atoms with Crippen LogP contribution < -0.4 is 10.6 Å². The third-order valence-corrected chi connectivity index (χ3v) is 4.76. The summed E-state index contributed by atoms with van der Waals surface area (Å²) in [5.41, 5.74) is -0.957. The number of hydrogen-bond acceptors (Lipinski definition) is 5. The summed E-state index contributed by atoms with van der Waals surface area (Å²) in [6, 6.07) is 1.38. The Hall–Kier alpha value is -2.36. The first-order valence-electron chi connectivity index (χ1n) is 9.54. The molecule has 1 fully saturated rings. The molecular weight excluding hydrogens is 371 g/mol. The molecule has 3 rings (SSSR count). The molecule has 3 heterocycles. The number of likely N-dealkylation sites (tertiary alicyclic amines) is 1. The van der Waals surface area contributed by atoms with E-state index in [0.717, 1.165) is 57.4 Å². The summed E-state index contributed by atoms with van der Waals surface area (Å²) < 4.78 is 38.1. The molecule has 1 aromatic heterocycles. The lowest BCUT2D eigenvalue weighted by atomic mass is 10.2. The van der Waals surface area contributed by atoms with Gasteiger partial charge in [-0.3, -0.25) is 9.89 Å². The Morgan fingerprint density at radius 3 is 2.82 bits per heavy atom. The second-order valence-corrected chi connectivity index (χ2v) is 6.74. The van der Waals surface area contributed by atoms with E-state index in [2.05, 4.69) is 47.5 Å². The summed E-state index contributed by atoms with van der Waals surface area (Å²) in [7, 11) is 0. The predicted octanol–water partition coefficient (Wildman–Crippen LogP) is 1.82. The fraction of sp³-hybridized carbons (Fsp3) is 0.611. The Balaban J connectivity index is 1.51. The molecule has 0 aromatic carbocycles. The molecule has 0 radical (unpaired) electrons. The molecule has 0 bridgehead atoms.